The van der Waals surface area contributed by atoms with Crippen molar-refractivity contribution in [2.75, 3.05) is 0 Å². The van der Waals surface area contributed by atoms with Gasteiger partial charge in [0.2, 0.25) is 5.91 Å². The first-order valence-electron chi connectivity index (χ1n) is 4.67. The van der Waals surface area contributed by atoms with Gasteiger partial charge in [0.25, 0.3) is 0 Å². The highest BCUT2D eigenvalue weighted by Crippen LogP contribution is 2.31. The Bertz CT molecular complexity index is 290. The summed E-state index contributed by atoms with van der Waals surface area (Å²) in [5.41, 5.74) is 0. The molecule has 2 rings (SSSR count). The summed E-state index contributed by atoms with van der Waals surface area (Å²) in [7, 11) is 0. The standard InChI is InChI=1S/C10H12N2O/c11-7-6-10(13)12-8-2-1-3-9(12)5-4-8/h1-2,8-9H,3-6H2. The largest absolute Gasteiger partial charge is 0.332 e. The van der Waals surface area contributed by atoms with Crippen LogP contribution >= 0.6 is 0 Å². The smallest absolute Gasteiger partial charge is 0.237 e. The zero-order chi connectivity index (χ0) is 9.26. The fourth-order valence-electron chi connectivity index (χ4n) is 2.27. The molecule has 0 N–H and O–H groups in total. The zero-order valence-electron chi connectivity index (χ0n) is 7.44. The van der Waals surface area contributed by atoms with E-state index < -0.39 is 0 Å². The van der Waals surface area contributed by atoms with Gasteiger partial charge >= 0.3 is 0 Å². The molecule has 2 aliphatic rings. The highest BCUT2D eigenvalue weighted by Gasteiger charge is 2.36. The Kier molecular flexibility index (Phi) is 2.05. The predicted molar refractivity (Wildman–Crippen MR) is 47.6 cm³/mol. The number of hydrogen-bond donors (Lipinski definition) is 0. The van der Waals surface area contributed by atoms with Crippen molar-refractivity contribution in [1.82, 2.24) is 4.90 Å². The van der Waals surface area contributed by atoms with Gasteiger partial charge in [-0.3, -0.25) is 4.79 Å². The lowest BCUT2D eigenvalue weighted by Crippen LogP contribution is -2.41. The summed E-state index contributed by atoms with van der Waals surface area (Å²) >= 11 is 0. The third kappa shape index (κ3) is 1.33. The third-order valence-electron chi connectivity index (χ3n) is 2.83. The highest BCUT2D eigenvalue weighted by molar-refractivity contribution is 5.79. The number of hydrogen-bond acceptors (Lipinski definition) is 2. The summed E-state index contributed by atoms with van der Waals surface area (Å²) in [5.74, 6) is -0.000602. The number of nitriles is 1. The molecule has 0 radical (unpaired) electrons. The molecule has 1 amide bonds. The Labute approximate surface area is 77.6 Å². The number of fused-ring (bicyclic) bond motifs is 2. The minimum absolute atomic E-state index is 0.000602. The zero-order valence-corrected chi connectivity index (χ0v) is 7.44. The molecule has 2 heterocycles. The Morgan fingerprint density at radius 1 is 1.62 bits per heavy atom. The quantitative estimate of drug-likeness (QED) is 0.564. The van der Waals surface area contributed by atoms with Crippen LogP contribution in [0.2, 0.25) is 0 Å². The van der Waals surface area contributed by atoms with E-state index in [1.807, 2.05) is 11.0 Å². The van der Waals surface area contributed by atoms with Crippen LogP contribution in [0.4, 0.5) is 0 Å². The maximum absolute atomic E-state index is 11.5. The summed E-state index contributed by atoms with van der Waals surface area (Å²) in [5, 5.41) is 8.44. The Hall–Kier alpha value is -1.30. The van der Waals surface area contributed by atoms with Crippen molar-refractivity contribution in [3.8, 4) is 6.07 Å². The molecule has 2 aliphatic heterocycles. The summed E-state index contributed by atoms with van der Waals surface area (Å²) in [6.45, 7) is 0. The lowest BCUT2D eigenvalue weighted by atomic mass is 10.1. The van der Waals surface area contributed by atoms with E-state index in [-0.39, 0.29) is 18.4 Å². The van der Waals surface area contributed by atoms with E-state index in [1.165, 1.54) is 0 Å². The van der Waals surface area contributed by atoms with Crippen molar-refractivity contribution in [3.63, 3.8) is 0 Å². The van der Waals surface area contributed by atoms with Crippen LogP contribution in [-0.4, -0.2) is 22.9 Å². The normalized spacial score (nSPS) is 30.2. The minimum atomic E-state index is -0.000602. The Balaban J connectivity index is 2.12. The van der Waals surface area contributed by atoms with Crippen molar-refractivity contribution >= 4 is 5.91 Å². The number of carbonyl (C=O) groups excluding carboxylic acids is 1. The van der Waals surface area contributed by atoms with E-state index in [1.54, 1.807) is 0 Å². The van der Waals surface area contributed by atoms with Crippen LogP contribution in [0.25, 0.3) is 0 Å². The van der Waals surface area contributed by atoms with Crippen LogP contribution in [0, 0.1) is 11.3 Å². The molecule has 0 saturated carbocycles. The Morgan fingerprint density at radius 3 is 3.15 bits per heavy atom. The molecule has 68 valence electrons. The van der Waals surface area contributed by atoms with Gasteiger partial charge in [0, 0.05) is 6.04 Å². The molecule has 2 bridgehead atoms. The second-order valence-electron chi connectivity index (χ2n) is 3.60. The van der Waals surface area contributed by atoms with Crippen LogP contribution in [0.15, 0.2) is 12.2 Å². The van der Waals surface area contributed by atoms with Crippen molar-refractivity contribution in [1.29, 1.82) is 5.26 Å². The van der Waals surface area contributed by atoms with Gasteiger partial charge in [-0.1, -0.05) is 12.2 Å². The molecule has 1 saturated heterocycles. The van der Waals surface area contributed by atoms with E-state index in [0.717, 1.165) is 19.3 Å². The summed E-state index contributed by atoms with van der Waals surface area (Å²) in [6.07, 6.45) is 7.40. The summed E-state index contributed by atoms with van der Waals surface area (Å²) in [6, 6.07) is 2.57. The van der Waals surface area contributed by atoms with E-state index in [0.29, 0.717) is 6.04 Å². The molecule has 0 aromatic heterocycles. The van der Waals surface area contributed by atoms with E-state index in [2.05, 4.69) is 12.2 Å². The van der Waals surface area contributed by atoms with Gasteiger partial charge in [0.15, 0.2) is 0 Å². The van der Waals surface area contributed by atoms with Gasteiger partial charge in [-0.2, -0.15) is 5.26 Å². The van der Waals surface area contributed by atoms with Gasteiger partial charge in [0.05, 0.1) is 12.1 Å². The van der Waals surface area contributed by atoms with Crippen LogP contribution in [0.1, 0.15) is 25.7 Å². The topological polar surface area (TPSA) is 44.1 Å². The van der Waals surface area contributed by atoms with Crippen molar-refractivity contribution in [3.05, 3.63) is 12.2 Å². The average Bonchev–Trinajstić information content (AvgIpc) is 2.37. The molecule has 2 atom stereocenters. The lowest BCUT2D eigenvalue weighted by Gasteiger charge is -2.30. The molecule has 0 aliphatic carbocycles. The molecular formula is C10H12N2O. The fourth-order valence-corrected chi connectivity index (χ4v) is 2.27. The number of rotatable bonds is 1. The predicted octanol–water partition coefficient (Wildman–Crippen LogP) is 1.22. The molecule has 1 fully saturated rings. The lowest BCUT2D eigenvalue weighted by molar-refractivity contribution is -0.132. The molecule has 0 aromatic rings. The second kappa shape index (κ2) is 3.21. The van der Waals surface area contributed by atoms with E-state index >= 15 is 0 Å². The van der Waals surface area contributed by atoms with Gasteiger partial charge in [-0.05, 0) is 19.3 Å². The maximum Gasteiger partial charge on any atom is 0.237 e. The van der Waals surface area contributed by atoms with Crippen LogP contribution in [0.3, 0.4) is 0 Å². The average molecular weight is 176 g/mol. The molecule has 13 heavy (non-hydrogen) atoms. The van der Waals surface area contributed by atoms with Crippen LogP contribution < -0.4 is 0 Å². The SMILES string of the molecule is N#CCC(=O)N1C2C=CCC1CC2. The molecule has 3 heteroatoms. The van der Waals surface area contributed by atoms with Crippen molar-refractivity contribution in [2.24, 2.45) is 0 Å². The Morgan fingerprint density at radius 2 is 2.46 bits per heavy atom. The molecule has 0 aromatic carbocycles. The summed E-state index contributed by atoms with van der Waals surface area (Å²) < 4.78 is 0. The van der Waals surface area contributed by atoms with Gasteiger partial charge in [-0.15, -0.1) is 0 Å². The molecular weight excluding hydrogens is 164 g/mol. The summed E-state index contributed by atoms with van der Waals surface area (Å²) in [4.78, 5) is 13.4. The molecule has 3 nitrogen and oxygen atoms in total. The van der Waals surface area contributed by atoms with Crippen LogP contribution in [-0.2, 0) is 4.79 Å². The van der Waals surface area contributed by atoms with Gasteiger partial charge in [0.1, 0.15) is 6.42 Å². The number of carbonyl (C=O) groups is 1. The number of nitrogens with zero attached hydrogens (tertiary/aromatic N) is 2. The minimum Gasteiger partial charge on any atom is -0.332 e. The second-order valence-corrected chi connectivity index (χ2v) is 3.60. The highest BCUT2D eigenvalue weighted by atomic mass is 16.2. The first-order chi connectivity index (χ1) is 6.33. The third-order valence-corrected chi connectivity index (χ3v) is 2.83. The van der Waals surface area contributed by atoms with Crippen molar-refractivity contribution < 1.29 is 4.79 Å². The van der Waals surface area contributed by atoms with Gasteiger partial charge < -0.3 is 4.90 Å². The van der Waals surface area contributed by atoms with Gasteiger partial charge in [-0.25, -0.2) is 0 Å². The molecule has 0 spiro atoms. The van der Waals surface area contributed by atoms with Crippen molar-refractivity contribution in [2.45, 2.75) is 37.8 Å². The van der Waals surface area contributed by atoms with E-state index in [9.17, 15) is 4.79 Å². The van der Waals surface area contributed by atoms with Crippen LogP contribution in [0.5, 0.6) is 0 Å². The molecule has 2 unspecified atom stereocenters. The first kappa shape index (κ1) is 8.31. The fraction of sp³-hybridized carbons (Fsp3) is 0.600. The monoisotopic (exact) mass is 176 g/mol. The number of amides is 1. The maximum atomic E-state index is 11.5. The van der Waals surface area contributed by atoms with E-state index in [4.69, 9.17) is 5.26 Å². The first-order valence-corrected chi connectivity index (χ1v) is 4.67.